The number of benzene rings is 1. The first kappa shape index (κ1) is 17.7. The summed E-state index contributed by atoms with van der Waals surface area (Å²) in [6.07, 6.45) is 0. The number of amides is 1. The van der Waals surface area contributed by atoms with Gasteiger partial charge in [0, 0.05) is 22.9 Å². The zero-order chi connectivity index (χ0) is 18.0. The van der Waals surface area contributed by atoms with Gasteiger partial charge in [-0.3, -0.25) is 9.78 Å². The van der Waals surface area contributed by atoms with Gasteiger partial charge in [0.25, 0.3) is 5.91 Å². The summed E-state index contributed by atoms with van der Waals surface area (Å²) >= 11 is 7.49. The molecule has 0 fully saturated rings. The molecule has 0 spiro atoms. The lowest BCUT2D eigenvalue weighted by molar-refractivity contribution is 0.0753. The first-order valence-corrected chi connectivity index (χ1v) is 9.20. The van der Waals surface area contributed by atoms with Gasteiger partial charge in [0.15, 0.2) is 0 Å². The highest BCUT2D eigenvalue weighted by Crippen LogP contribution is 2.25. The molecule has 0 N–H and O–H groups in total. The van der Waals surface area contributed by atoms with Crippen molar-refractivity contribution in [1.82, 2.24) is 9.88 Å². The van der Waals surface area contributed by atoms with E-state index in [1.165, 1.54) is 11.3 Å². The average molecular weight is 375 g/mol. The summed E-state index contributed by atoms with van der Waals surface area (Å²) in [7, 11) is 1.63. The van der Waals surface area contributed by atoms with Crippen LogP contribution < -0.4 is 4.74 Å². The summed E-state index contributed by atoms with van der Waals surface area (Å²) in [4.78, 5) is 20.5. The predicted molar refractivity (Wildman–Crippen MR) is 103 cm³/mol. The number of pyridine rings is 1. The van der Waals surface area contributed by atoms with E-state index < -0.39 is 0 Å². The monoisotopic (exact) mass is 374 g/mol. The molecule has 4 nitrogen and oxygen atoms in total. The van der Waals surface area contributed by atoms with E-state index in [0.717, 1.165) is 25.9 Å². The fraction of sp³-hybridized carbons (Fsp3) is 0.263. The van der Waals surface area contributed by atoms with Gasteiger partial charge in [0.05, 0.1) is 34.8 Å². The van der Waals surface area contributed by atoms with E-state index in [1.807, 2.05) is 55.1 Å². The molecule has 0 aliphatic carbocycles. The maximum Gasteiger partial charge on any atom is 0.256 e. The highest BCUT2D eigenvalue weighted by molar-refractivity contribution is 7.16. The Bertz CT molecular complexity index is 923. The fourth-order valence-corrected chi connectivity index (χ4v) is 3.81. The Morgan fingerprint density at radius 2 is 2.08 bits per heavy atom. The lowest BCUT2D eigenvalue weighted by atomic mass is 10.1. The normalized spacial score (nSPS) is 10.9. The third kappa shape index (κ3) is 3.78. The summed E-state index contributed by atoms with van der Waals surface area (Å²) in [5.74, 6) is 0.734. The second kappa shape index (κ2) is 7.42. The van der Waals surface area contributed by atoms with Crippen LogP contribution in [0.15, 0.2) is 36.4 Å². The van der Waals surface area contributed by atoms with Crippen LogP contribution in [0.5, 0.6) is 5.75 Å². The molecule has 3 rings (SSSR count). The average Bonchev–Trinajstić information content (AvgIpc) is 3.02. The topological polar surface area (TPSA) is 42.4 Å². The third-order valence-corrected chi connectivity index (χ3v) is 5.31. The molecule has 0 aliphatic heterocycles. The minimum Gasteiger partial charge on any atom is -0.497 e. The van der Waals surface area contributed by atoms with Gasteiger partial charge < -0.3 is 9.64 Å². The third-order valence-electron chi connectivity index (χ3n) is 4.09. The molecule has 0 atom stereocenters. The van der Waals surface area contributed by atoms with Crippen LogP contribution in [-0.2, 0) is 6.54 Å². The van der Waals surface area contributed by atoms with Crippen LogP contribution >= 0.6 is 22.9 Å². The lowest BCUT2D eigenvalue weighted by Gasteiger charge is -2.21. The van der Waals surface area contributed by atoms with Crippen molar-refractivity contribution < 1.29 is 9.53 Å². The van der Waals surface area contributed by atoms with E-state index in [4.69, 9.17) is 16.3 Å². The van der Waals surface area contributed by atoms with Crippen molar-refractivity contribution in [2.45, 2.75) is 20.4 Å². The number of carbonyl (C=O) groups excluding carboxylic acids is 1. The van der Waals surface area contributed by atoms with Gasteiger partial charge >= 0.3 is 0 Å². The number of thiophene rings is 1. The van der Waals surface area contributed by atoms with Gasteiger partial charge in [-0.05, 0) is 44.2 Å². The van der Waals surface area contributed by atoms with Crippen molar-refractivity contribution in [2.75, 3.05) is 13.7 Å². The zero-order valence-electron chi connectivity index (χ0n) is 14.4. The molecule has 0 saturated carbocycles. The van der Waals surface area contributed by atoms with Crippen molar-refractivity contribution in [3.63, 3.8) is 0 Å². The highest BCUT2D eigenvalue weighted by Gasteiger charge is 2.19. The van der Waals surface area contributed by atoms with E-state index >= 15 is 0 Å². The summed E-state index contributed by atoms with van der Waals surface area (Å²) in [5.41, 5.74) is 2.16. The predicted octanol–water partition coefficient (Wildman–Crippen LogP) is 4.93. The number of nitrogens with zero attached hydrogens (tertiary/aromatic N) is 2. The SMILES string of the molecule is CCN(Cc1ccc(Cl)s1)C(=O)c1cc2ccc(OC)cc2nc1C. The van der Waals surface area contributed by atoms with Gasteiger partial charge in [-0.1, -0.05) is 11.6 Å². The molecule has 6 heteroatoms. The first-order chi connectivity index (χ1) is 12.0. The maximum atomic E-state index is 13.0. The summed E-state index contributed by atoms with van der Waals surface area (Å²) < 4.78 is 5.97. The number of halogens is 1. The maximum absolute atomic E-state index is 13.0. The zero-order valence-corrected chi connectivity index (χ0v) is 15.9. The number of rotatable bonds is 5. The largest absolute Gasteiger partial charge is 0.497 e. The number of hydrogen-bond acceptors (Lipinski definition) is 4. The lowest BCUT2D eigenvalue weighted by Crippen LogP contribution is -2.30. The molecular weight excluding hydrogens is 356 g/mol. The molecule has 0 bridgehead atoms. The Hall–Kier alpha value is -2.11. The standard InChI is InChI=1S/C19H19ClN2O2S/c1-4-22(11-15-7-8-18(20)25-15)19(23)16-9-13-5-6-14(24-3)10-17(13)21-12(16)2/h5-10H,4,11H2,1-3H3. The van der Waals surface area contributed by atoms with Crippen LogP contribution in [-0.4, -0.2) is 29.4 Å². The molecule has 3 aromatic rings. The highest BCUT2D eigenvalue weighted by atomic mass is 35.5. The number of carbonyl (C=O) groups is 1. The number of fused-ring (bicyclic) bond motifs is 1. The van der Waals surface area contributed by atoms with Crippen molar-refractivity contribution in [3.8, 4) is 5.75 Å². The Morgan fingerprint density at radius 3 is 2.72 bits per heavy atom. The van der Waals surface area contributed by atoms with Gasteiger partial charge in [-0.25, -0.2) is 0 Å². The second-order valence-electron chi connectivity index (χ2n) is 5.71. The van der Waals surface area contributed by atoms with Crippen LogP contribution in [0, 0.1) is 6.92 Å². The number of aryl methyl sites for hydroxylation is 1. The number of ether oxygens (including phenoxy) is 1. The minimum atomic E-state index is -0.0188. The molecule has 2 aromatic heterocycles. The molecule has 25 heavy (non-hydrogen) atoms. The number of hydrogen-bond donors (Lipinski definition) is 0. The first-order valence-electron chi connectivity index (χ1n) is 8.00. The molecule has 1 aromatic carbocycles. The number of methoxy groups -OCH3 is 1. The van der Waals surface area contributed by atoms with Gasteiger partial charge in [0.2, 0.25) is 0 Å². The molecule has 0 saturated heterocycles. The minimum absolute atomic E-state index is 0.0188. The summed E-state index contributed by atoms with van der Waals surface area (Å²) in [6.45, 7) is 5.00. The van der Waals surface area contributed by atoms with E-state index in [1.54, 1.807) is 7.11 Å². The van der Waals surface area contributed by atoms with E-state index in [-0.39, 0.29) is 5.91 Å². The van der Waals surface area contributed by atoms with Crippen LogP contribution in [0.2, 0.25) is 4.34 Å². The molecule has 0 aliphatic rings. The molecule has 2 heterocycles. The fourth-order valence-electron chi connectivity index (χ4n) is 2.71. The van der Waals surface area contributed by atoms with Crippen molar-refractivity contribution >= 4 is 39.7 Å². The van der Waals surface area contributed by atoms with Crippen molar-refractivity contribution in [3.05, 3.63) is 56.9 Å². The van der Waals surface area contributed by atoms with Gasteiger partial charge in [0.1, 0.15) is 5.75 Å². The van der Waals surface area contributed by atoms with Crippen LogP contribution in [0.4, 0.5) is 0 Å². The molecule has 130 valence electrons. The van der Waals surface area contributed by atoms with E-state index in [0.29, 0.717) is 24.3 Å². The van der Waals surface area contributed by atoms with Crippen LogP contribution in [0.25, 0.3) is 10.9 Å². The van der Waals surface area contributed by atoms with Gasteiger partial charge in [-0.2, -0.15) is 0 Å². The van der Waals surface area contributed by atoms with E-state index in [2.05, 4.69) is 4.98 Å². The molecule has 0 unspecified atom stereocenters. The van der Waals surface area contributed by atoms with Crippen molar-refractivity contribution in [1.29, 1.82) is 0 Å². The second-order valence-corrected chi connectivity index (χ2v) is 7.50. The molecule has 1 amide bonds. The Kier molecular flexibility index (Phi) is 5.25. The Balaban J connectivity index is 1.93. The Labute approximate surface area is 156 Å². The van der Waals surface area contributed by atoms with E-state index in [9.17, 15) is 4.79 Å². The summed E-state index contributed by atoms with van der Waals surface area (Å²) in [6, 6.07) is 11.4. The van der Waals surface area contributed by atoms with Crippen LogP contribution in [0.3, 0.4) is 0 Å². The van der Waals surface area contributed by atoms with Crippen molar-refractivity contribution in [2.24, 2.45) is 0 Å². The summed E-state index contributed by atoms with van der Waals surface area (Å²) in [5, 5.41) is 0.921. The van der Waals surface area contributed by atoms with Gasteiger partial charge in [-0.15, -0.1) is 11.3 Å². The number of aromatic nitrogens is 1. The quantitative estimate of drug-likeness (QED) is 0.636. The molecular formula is C19H19ClN2O2S. The van der Waals surface area contributed by atoms with Crippen LogP contribution in [0.1, 0.15) is 27.9 Å². The Morgan fingerprint density at radius 1 is 1.28 bits per heavy atom. The molecule has 0 radical (unpaired) electrons. The smallest absolute Gasteiger partial charge is 0.256 e.